The predicted octanol–water partition coefficient (Wildman–Crippen LogP) is 5.18. The Kier molecular flexibility index (Phi) is 5.13. The lowest BCUT2D eigenvalue weighted by Crippen LogP contribution is -2.29. The van der Waals surface area contributed by atoms with E-state index in [1.54, 1.807) is 19.2 Å². The van der Waals surface area contributed by atoms with Gasteiger partial charge in [-0.3, -0.25) is 4.90 Å². The van der Waals surface area contributed by atoms with E-state index >= 15 is 0 Å². The van der Waals surface area contributed by atoms with Crippen molar-refractivity contribution in [2.24, 2.45) is 0 Å². The van der Waals surface area contributed by atoms with Crippen LogP contribution in [-0.4, -0.2) is 18.1 Å². The number of ether oxygens (including phenoxy) is 1. The van der Waals surface area contributed by atoms with E-state index in [4.69, 9.17) is 16.3 Å². The van der Waals surface area contributed by atoms with E-state index in [2.05, 4.69) is 4.98 Å². The molecule has 0 aliphatic carbocycles. The van der Waals surface area contributed by atoms with Crippen LogP contribution in [0.3, 0.4) is 0 Å². The lowest BCUT2D eigenvalue weighted by Gasteiger charge is -2.16. The molecule has 0 aliphatic heterocycles. The van der Waals surface area contributed by atoms with Gasteiger partial charge < -0.3 is 4.74 Å². The number of hydrogen-bond donors (Lipinski definition) is 0. The van der Waals surface area contributed by atoms with E-state index in [-0.39, 0.29) is 0 Å². The molecule has 0 saturated heterocycles. The molecule has 0 fully saturated rings. The van der Waals surface area contributed by atoms with Gasteiger partial charge in [0.05, 0.1) is 11.6 Å². The number of thiazole rings is 1. The van der Waals surface area contributed by atoms with Gasteiger partial charge in [0.25, 0.3) is 0 Å². The van der Waals surface area contributed by atoms with Crippen molar-refractivity contribution in [2.45, 2.75) is 5.88 Å². The van der Waals surface area contributed by atoms with Crippen LogP contribution in [0.25, 0.3) is 10.6 Å². The predicted molar refractivity (Wildman–Crippen MR) is 98.0 cm³/mol. The molecule has 6 heteroatoms. The van der Waals surface area contributed by atoms with Gasteiger partial charge in [0, 0.05) is 23.7 Å². The first-order chi connectivity index (χ1) is 11.7. The van der Waals surface area contributed by atoms with Crippen molar-refractivity contribution in [3.63, 3.8) is 0 Å². The van der Waals surface area contributed by atoms with Crippen LogP contribution in [0.5, 0.6) is 5.75 Å². The van der Waals surface area contributed by atoms with Crippen molar-refractivity contribution in [1.82, 2.24) is 4.98 Å². The first kappa shape index (κ1) is 16.5. The smallest absolute Gasteiger partial charge is 0.410 e. The van der Waals surface area contributed by atoms with Gasteiger partial charge in [-0.15, -0.1) is 22.9 Å². The van der Waals surface area contributed by atoms with Crippen LogP contribution < -0.4 is 9.64 Å². The third-order valence-electron chi connectivity index (χ3n) is 3.41. The highest BCUT2D eigenvalue weighted by Gasteiger charge is 2.13. The summed E-state index contributed by atoms with van der Waals surface area (Å²) in [5.41, 5.74) is 2.60. The van der Waals surface area contributed by atoms with Gasteiger partial charge in [-0.05, 0) is 36.4 Å². The number of anilines is 1. The molecule has 1 heterocycles. The molecule has 3 aromatic rings. The maximum absolute atomic E-state index is 12.2. The molecule has 0 atom stereocenters. The number of hydrogen-bond acceptors (Lipinski definition) is 4. The Morgan fingerprint density at radius 3 is 2.50 bits per heavy atom. The van der Waals surface area contributed by atoms with Crippen LogP contribution in [0, 0.1) is 0 Å². The van der Waals surface area contributed by atoms with E-state index < -0.39 is 6.09 Å². The molecule has 0 N–H and O–H groups in total. The second-order valence-corrected chi connectivity index (χ2v) is 6.19. The molecule has 4 nitrogen and oxygen atoms in total. The number of halogens is 1. The lowest BCUT2D eigenvalue weighted by molar-refractivity contribution is 0.209. The molecule has 122 valence electrons. The second kappa shape index (κ2) is 7.47. The van der Waals surface area contributed by atoms with Crippen LogP contribution >= 0.6 is 22.9 Å². The first-order valence-electron chi connectivity index (χ1n) is 7.29. The molecule has 0 bridgehead atoms. The molecule has 0 unspecified atom stereocenters. The van der Waals surface area contributed by atoms with Crippen molar-refractivity contribution in [1.29, 1.82) is 0 Å². The fourth-order valence-corrected chi connectivity index (χ4v) is 3.15. The van der Waals surface area contributed by atoms with Gasteiger partial charge in [-0.1, -0.05) is 18.2 Å². The summed E-state index contributed by atoms with van der Waals surface area (Å²) in [5.74, 6) is 0.888. The third kappa shape index (κ3) is 3.75. The van der Waals surface area contributed by atoms with Gasteiger partial charge in [-0.2, -0.15) is 0 Å². The summed E-state index contributed by atoms with van der Waals surface area (Å²) in [5, 5.41) is 2.83. The van der Waals surface area contributed by atoms with Gasteiger partial charge in [-0.25, -0.2) is 9.78 Å². The molecular weight excluding hydrogens is 344 g/mol. The van der Waals surface area contributed by atoms with Crippen molar-refractivity contribution in [3.8, 4) is 16.3 Å². The minimum atomic E-state index is -0.437. The average Bonchev–Trinajstić information content (AvgIpc) is 3.11. The second-order valence-electron chi connectivity index (χ2n) is 5.06. The van der Waals surface area contributed by atoms with E-state index in [0.717, 1.165) is 22.0 Å². The number of para-hydroxylation sites is 1. The summed E-state index contributed by atoms with van der Waals surface area (Å²) < 4.78 is 5.40. The molecule has 3 rings (SSSR count). The summed E-state index contributed by atoms with van der Waals surface area (Å²) in [4.78, 5) is 18.1. The summed E-state index contributed by atoms with van der Waals surface area (Å²) in [6.07, 6.45) is -0.437. The number of carbonyl (C=O) groups is 1. The van der Waals surface area contributed by atoms with Crippen LogP contribution in [0.1, 0.15) is 5.69 Å². The van der Waals surface area contributed by atoms with Crippen LogP contribution in [0.15, 0.2) is 60.0 Å². The maximum Gasteiger partial charge on any atom is 0.419 e. The zero-order valence-corrected chi connectivity index (χ0v) is 14.6. The number of nitrogens with zero attached hydrogens (tertiary/aromatic N) is 2. The van der Waals surface area contributed by atoms with Crippen LogP contribution in [0.2, 0.25) is 0 Å². The van der Waals surface area contributed by atoms with E-state index in [1.165, 1.54) is 16.2 Å². The highest BCUT2D eigenvalue weighted by molar-refractivity contribution is 7.13. The fourth-order valence-electron chi connectivity index (χ4n) is 2.09. The SMILES string of the molecule is CN(C(=O)Oc1ccc(-c2nc(CCl)cs2)cc1)c1ccccc1. The number of amides is 1. The first-order valence-corrected chi connectivity index (χ1v) is 8.70. The van der Waals surface area contributed by atoms with Crippen molar-refractivity contribution in [3.05, 3.63) is 65.7 Å². The maximum atomic E-state index is 12.2. The van der Waals surface area contributed by atoms with Gasteiger partial charge in [0.15, 0.2) is 0 Å². The zero-order chi connectivity index (χ0) is 16.9. The molecule has 24 heavy (non-hydrogen) atoms. The summed E-state index contributed by atoms with van der Waals surface area (Å²) in [7, 11) is 1.68. The summed E-state index contributed by atoms with van der Waals surface area (Å²) >= 11 is 7.31. The van der Waals surface area contributed by atoms with E-state index in [0.29, 0.717) is 11.6 Å². The number of aromatic nitrogens is 1. The highest BCUT2D eigenvalue weighted by atomic mass is 35.5. The Morgan fingerprint density at radius 1 is 1.17 bits per heavy atom. The highest BCUT2D eigenvalue weighted by Crippen LogP contribution is 2.26. The standard InChI is InChI=1S/C18H15ClN2O2S/c1-21(15-5-3-2-4-6-15)18(22)23-16-9-7-13(8-10-16)17-20-14(11-19)12-24-17/h2-10,12H,11H2,1H3. The van der Waals surface area contributed by atoms with E-state index in [1.807, 2.05) is 47.8 Å². The van der Waals surface area contributed by atoms with Gasteiger partial charge in [0.1, 0.15) is 10.8 Å². The quantitative estimate of drug-likeness (QED) is 0.603. The Balaban J connectivity index is 1.68. The zero-order valence-electron chi connectivity index (χ0n) is 13.0. The number of carbonyl (C=O) groups excluding carboxylic acids is 1. The fraction of sp³-hybridized carbons (Fsp3) is 0.111. The normalized spacial score (nSPS) is 10.4. The largest absolute Gasteiger partial charge is 0.419 e. The van der Waals surface area contributed by atoms with Gasteiger partial charge >= 0.3 is 6.09 Å². The number of rotatable bonds is 4. The lowest BCUT2D eigenvalue weighted by atomic mass is 10.2. The number of alkyl halides is 1. The molecule has 0 aliphatic rings. The molecule has 1 amide bonds. The van der Waals surface area contributed by atoms with Crippen molar-refractivity contribution < 1.29 is 9.53 Å². The van der Waals surface area contributed by atoms with Crippen molar-refractivity contribution >= 4 is 34.7 Å². The Hall–Kier alpha value is -2.37. The minimum Gasteiger partial charge on any atom is -0.410 e. The topological polar surface area (TPSA) is 42.4 Å². The minimum absolute atomic E-state index is 0.401. The average molecular weight is 359 g/mol. The van der Waals surface area contributed by atoms with E-state index in [9.17, 15) is 4.79 Å². The number of benzene rings is 2. The van der Waals surface area contributed by atoms with Gasteiger partial charge in [0.2, 0.25) is 0 Å². The summed E-state index contributed by atoms with van der Waals surface area (Å²) in [6.45, 7) is 0. The molecule has 1 aromatic heterocycles. The van der Waals surface area contributed by atoms with Crippen LogP contribution in [0.4, 0.5) is 10.5 Å². The molecular formula is C18H15ClN2O2S. The monoisotopic (exact) mass is 358 g/mol. The van der Waals surface area contributed by atoms with Crippen LogP contribution in [-0.2, 0) is 5.88 Å². The Morgan fingerprint density at radius 2 is 1.88 bits per heavy atom. The Bertz CT molecular complexity index is 819. The molecule has 2 aromatic carbocycles. The third-order valence-corrected chi connectivity index (χ3v) is 4.63. The molecule has 0 saturated carbocycles. The summed E-state index contributed by atoms with van der Waals surface area (Å²) in [6, 6.07) is 16.6. The molecule has 0 spiro atoms. The molecule has 0 radical (unpaired) electrons. The van der Waals surface area contributed by atoms with Crippen molar-refractivity contribution in [2.75, 3.05) is 11.9 Å². The Labute approximate surface area is 149 Å².